The molecular formula is C80H146O18. The summed E-state index contributed by atoms with van der Waals surface area (Å²) in [5.41, 5.74) is 0.967. The fourth-order valence-electron chi connectivity index (χ4n) is 6.06. The molecule has 1 unspecified atom stereocenters. The maximum atomic E-state index is 11.3. The first-order valence-corrected chi connectivity index (χ1v) is 34.0. The molecule has 4 heterocycles. The highest BCUT2D eigenvalue weighted by Gasteiger charge is 2.25. The van der Waals surface area contributed by atoms with E-state index in [0.717, 1.165) is 119 Å². The molecule has 5 aliphatic rings. The first-order valence-electron chi connectivity index (χ1n) is 34.0. The van der Waals surface area contributed by atoms with Crippen molar-refractivity contribution in [1.82, 2.24) is 0 Å². The quantitative estimate of drug-likeness (QED) is 0.0613. The van der Waals surface area contributed by atoms with E-state index in [1.54, 1.807) is 102 Å². The molecular weight excluding hydrogens is 1250 g/mol. The van der Waals surface area contributed by atoms with Crippen LogP contribution in [0.5, 0.6) is 0 Å². The van der Waals surface area contributed by atoms with Crippen molar-refractivity contribution in [3.8, 4) is 0 Å². The summed E-state index contributed by atoms with van der Waals surface area (Å²) < 4.78 is 71.2. The molecule has 18 nitrogen and oxygen atoms in total. The predicted molar refractivity (Wildman–Crippen MR) is 409 cm³/mol. The third-order valence-electron chi connectivity index (χ3n) is 10.6. The summed E-state index contributed by atoms with van der Waals surface area (Å²) in [5, 5.41) is 0. The van der Waals surface area contributed by atoms with E-state index < -0.39 is 23.5 Å². The van der Waals surface area contributed by atoms with Gasteiger partial charge in [-0.25, -0.2) is 9.59 Å². The zero-order valence-electron chi connectivity index (χ0n) is 67.1. The molecule has 0 amide bonds. The number of ether oxygens (including phenoxy) is 15. The summed E-state index contributed by atoms with van der Waals surface area (Å²) in [6.07, 6.45) is 33.9. The molecule has 0 fully saturated rings. The monoisotopic (exact) mass is 1400 g/mol. The van der Waals surface area contributed by atoms with Gasteiger partial charge in [0.1, 0.15) is 11.2 Å². The molecule has 0 radical (unpaired) electrons. The van der Waals surface area contributed by atoms with E-state index in [4.69, 9.17) is 47.4 Å². The Morgan fingerprint density at radius 2 is 1.09 bits per heavy atom. The van der Waals surface area contributed by atoms with Crippen molar-refractivity contribution in [3.63, 3.8) is 0 Å². The number of carbonyl (C=O) groups excluding carboxylic acids is 3. The lowest BCUT2D eigenvalue weighted by molar-refractivity contribution is -0.114. The Hall–Kier alpha value is -7.37. The number of allylic oxidation sites excluding steroid dienone is 10. The SMILES string of the molecule is C/C=C/OC.C/C=C/OCCC.C1=COCC1.C1=COCCC1.C=C(C)OC.C=C(C)OCC.C=COC.C=COC(C)(C)C.C=COCC.C=COCC(C)C.CC(=O)C1=C(C)CCC(C(C)C)C1.CC(C)(C)OC(=O)OC(=O)OC(C)(C)C.CC1=CCCCO1.CC1=CCCO1. The van der Waals surface area contributed by atoms with Crippen LogP contribution in [-0.2, 0) is 75.8 Å². The summed E-state index contributed by atoms with van der Waals surface area (Å²) in [4.78, 5) is 33.3. The minimum atomic E-state index is -1.06. The lowest BCUT2D eigenvalue weighted by Crippen LogP contribution is -2.29. The summed E-state index contributed by atoms with van der Waals surface area (Å²) >= 11 is 0. The van der Waals surface area contributed by atoms with Gasteiger partial charge in [-0.3, -0.25) is 4.79 Å². The number of hydrogen-bond acceptors (Lipinski definition) is 18. The largest absolute Gasteiger partial charge is 0.519 e. The number of Topliss-reactive ketones (excluding diaryl/α,β-unsaturated/α-hetero) is 1. The van der Waals surface area contributed by atoms with Crippen LogP contribution in [0.2, 0.25) is 0 Å². The van der Waals surface area contributed by atoms with Crippen molar-refractivity contribution in [1.29, 1.82) is 0 Å². The van der Waals surface area contributed by atoms with Crippen LogP contribution >= 0.6 is 0 Å². The molecule has 0 N–H and O–H groups in total. The first kappa shape index (κ1) is 109. The molecule has 0 saturated carbocycles. The Morgan fingerprint density at radius 3 is 1.28 bits per heavy atom. The van der Waals surface area contributed by atoms with Crippen molar-refractivity contribution in [2.45, 2.75) is 247 Å². The Bertz CT molecular complexity index is 2080. The van der Waals surface area contributed by atoms with Gasteiger partial charge in [0.05, 0.1) is 153 Å². The molecule has 0 saturated heterocycles. The molecule has 0 aromatic heterocycles. The first-order chi connectivity index (χ1) is 45.8. The minimum Gasteiger partial charge on any atom is -0.505 e. The van der Waals surface area contributed by atoms with Gasteiger partial charge in [-0.05, 0) is 231 Å². The van der Waals surface area contributed by atoms with Gasteiger partial charge in [0.25, 0.3) is 0 Å². The number of rotatable bonds is 16. The van der Waals surface area contributed by atoms with E-state index in [1.807, 2.05) is 93.5 Å². The second-order valence-electron chi connectivity index (χ2n) is 24.7. The summed E-state index contributed by atoms with van der Waals surface area (Å²) in [5.74, 6) is 6.04. The van der Waals surface area contributed by atoms with Crippen molar-refractivity contribution >= 4 is 18.1 Å². The highest BCUT2D eigenvalue weighted by atomic mass is 16.8. The highest BCUT2D eigenvalue weighted by molar-refractivity contribution is 5.94. The van der Waals surface area contributed by atoms with Crippen LogP contribution in [0.4, 0.5) is 9.59 Å². The van der Waals surface area contributed by atoms with Crippen molar-refractivity contribution < 1.29 is 85.4 Å². The lowest BCUT2D eigenvalue weighted by Gasteiger charge is -2.27. The zero-order valence-corrected chi connectivity index (χ0v) is 67.1. The number of methoxy groups -OCH3 is 3. The zero-order chi connectivity index (χ0) is 77.7. The van der Waals surface area contributed by atoms with Gasteiger partial charge in [0.15, 0.2) is 5.78 Å². The maximum absolute atomic E-state index is 11.3. The number of ketones is 1. The molecule has 0 aromatic rings. The van der Waals surface area contributed by atoms with Crippen molar-refractivity contribution in [2.75, 3.05) is 74.2 Å². The van der Waals surface area contributed by atoms with Gasteiger partial charge in [-0.15, -0.1) is 0 Å². The maximum Gasteiger partial charge on any atom is 0.519 e. The Labute approximate surface area is 600 Å². The normalized spacial score (nSPS) is 13.8. The van der Waals surface area contributed by atoms with Gasteiger partial charge in [0.2, 0.25) is 0 Å². The van der Waals surface area contributed by atoms with E-state index in [-0.39, 0.29) is 11.4 Å². The Morgan fingerprint density at radius 1 is 0.602 bits per heavy atom. The highest BCUT2D eigenvalue weighted by Crippen LogP contribution is 2.34. The van der Waals surface area contributed by atoms with E-state index in [0.29, 0.717) is 11.8 Å². The van der Waals surface area contributed by atoms with E-state index in [2.05, 4.69) is 117 Å². The average molecular weight is 1400 g/mol. The Kier molecular flexibility index (Phi) is 89.5. The third kappa shape index (κ3) is 119. The second-order valence-corrected chi connectivity index (χ2v) is 24.7. The number of carbonyl (C=O) groups is 3. The van der Waals surface area contributed by atoms with Gasteiger partial charge >= 0.3 is 12.3 Å². The van der Waals surface area contributed by atoms with Gasteiger partial charge in [-0.2, -0.15) is 0 Å². The van der Waals surface area contributed by atoms with Gasteiger partial charge in [0, 0.05) is 12.8 Å². The molecule has 1 aliphatic carbocycles. The second kappa shape index (κ2) is 80.3. The number of hydrogen-bond donors (Lipinski definition) is 0. The molecule has 98 heavy (non-hydrogen) atoms. The van der Waals surface area contributed by atoms with E-state index in [9.17, 15) is 14.4 Å². The standard InChI is InChI=1S/C12H20O.C10H18O5.C6H10O.3C6H12O.2C5H8O.C5H10O.C4H6O.3C4H8O.C3H6O/c1-8(2)11-6-5-9(3)12(7-11)10(4)13;1-9(2,3)14-7(11)13-8(12)15-10(4,5)6;1-6-4-2-3-5-7-6;1-5-7-6(2,3)4;1-4-7-5-6(2)3;1-3-5-7-6-4-2;1-5-3-2-4-6-5;1-2-4-6-5-3-1;1-4-6-5(2)3;1-2-4-5-3-1;1-4(2)5-3;1-3-4-5-2;1-3-5-4-2;1-3-4-2/h8,11H,5-7H2,1-4H3;1-6H3;4H,2-3,5H2,1H3;5H,1H2,2-4H3;4,6H,1,5H2,2-3H3;3,5H,4,6H2,1-2H3;3H,2,4H2,1H3;2,4H,1,3,5H2;2,4H2,1,3H3;1,3H,2,4H2;1H2,2-3H3;3-4H,1-2H3;3H,1,4H2,2H3;3H,1H2,2H3/b;;;;;5-3+;;;;;;4-3+;;. The molecule has 4 aliphatic heterocycles. The predicted octanol–water partition coefficient (Wildman–Crippen LogP) is 23.0. The molecule has 0 spiro atoms. The molecule has 18 heteroatoms. The molecule has 5 rings (SSSR count). The van der Waals surface area contributed by atoms with Crippen LogP contribution in [0.15, 0.2) is 160 Å². The van der Waals surface area contributed by atoms with Crippen LogP contribution in [0.1, 0.15) is 230 Å². The van der Waals surface area contributed by atoms with Crippen LogP contribution in [-0.4, -0.2) is 109 Å². The molecule has 1 atom stereocenters. The lowest BCUT2D eigenvalue weighted by atomic mass is 9.78. The fourth-order valence-corrected chi connectivity index (χ4v) is 6.06. The minimum absolute atomic E-state index is 0.0677. The smallest absolute Gasteiger partial charge is 0.505 e. The summed E-state index contributed by atoms with van der Waals surface area (Å²) in [6, 6.07) is 0. The fraction of sp³-hybridized carbons (Fsp3) is 0.637. The van der Waals surface area contributed by atoms with Gasteiger partial charge in [-0.1, -0.05) is 91.8 Å². The van der Waals surface area contributed by atoms with Gasteiger partial charge < -0.3 is 71.1 Å². The third-order valence-corrected chi connectivity index (χ3v) is 10.6. The average Bonchev–Trinajstić information content (AvgIpc) is 1.26. The molecule has 0 aromatic carbocycles. The van der Waals surface area contributed by atoms with Crippen molar-refractivity contribution in [3.05, 3.63) is 160 Å². The van der Waals surface area contributed by atoms with Crippen LogP contribution in [0.3, 0.4) is 0 Å². The summed E-state index contributed by atoms with van der Waals surface area (Å²) in [7, 11) is 4.79. The van der Waals surface area contributed by atoms with E-state index in [1.165, 1.54) is 62.7 Å². The Balaban J connectivity index is -0.000000127. The van der Waals surface area contributed by atoms with Crippen LogP contribution < -0.4 is 0 Å². The molecule has 0 bridgehead atoms. The van der Waals surface area contributed by atoms with Crippen LogP contribution in [0.25, 0.3) is 0 Å². The summed E-state index contributed by atoms with van der Waals surface area (Å²) in [6.45, 7) is 73.0. The molecule has 574 valence electrons. The van der Waals surface area contributed by atoms with Crippen molar-refractivity contribution in [2.24, 2.45) is 17.8 Å². The topological polar surface area (TPSA) is 190 Å². The van der Waals surface area contributed by atoms with E-state index >= 15 is 0 Å². The van der Waals surface area contributed by atoms with Crippen LogP contribution in [0, 0.1) is 17.8 Å².